The third-order valence-corrected chi connectivity index (χ3v) is 2.12. The zero-order valence-electron chi connectivity index (χ0n) is 5.81. The van der Waals surface area contributed by atoms with Crippen LogP contribution in [0.4, 0.5) is 0 Å². The number of hydrogen-bond acceptors (Lipinski definition) is 1. The molecule has 0 aliphatic heterocycles. The highest BCUT2D eigenvalue weighted by atomic mass is 32.2. The van der Waals surface area contributed by atoms with Crippen LogP contribution in [0.3, 0.4) is 0 Å². The van der Waals surface area contributed by atoms with Crippen molar-refractivity contribution in [2.45, 2.75) is 26.7 Å². The van der Waals surface area contributed by atoms with Crippen molar-refractivity contribution < 1.29 is 0 Å². The maximum Gasteiger partial charge on any atom is -0.00649 e. The molecule has 0 amide bonds. The summed E-state index contributed by atoms with van der Waals surface area (Å²) >= 11 is 2.05. The summed E-state index contributed by atoms with van der Waals surface area (Å²) in [7, 11) is 0. The van der Waals surface area contributed by atoms with Crippen LogP contribution in [0.2, 0.25) is 0 Å². The molecule has 1 heteroatoms. The van der Waals surface area contributed by atoms with Crippen LogP contribution in [0.15, 0.2) is 0 Å². The van der Waals surface area contributed by atoms with Gasteiger partial charge in [-0.15, -0.1) is 0 Å². The topological polar surface area (TPSA) is 0 Å². The molecule has 0 bridgehead atoms. The average molecular weight is 131 g/mol. The predicted molar refractivity (Wildman–Crippen MR) is 42.2 cm³/mol. The summed E-state index contributed by atoms with van der Waals surface area (Å²) in [4.78, 5) is 0. The fraction of sp³-hybridized carbons (Fsp3) is 0.857. The van der Waals surface area contributed by atoms with Gasteiger partial charge in [0.1, 0.15) is 0 Å². The second-order valence-electron chi connectivity index (χ2n) is 1.81. The van der Waals surface area contributed by atoms with Crippen LogP contribution in [0.25, 0.3) is 0 Å². The quantitative estimate of drug-likeness (QED) is 0.517. The smallest absolute Gasteiger partial charge is 0.00649 e. The molecular weight excluding hydrogens is 116 g/mol. The Hall–Kier alpha value is 0.350. The Morgan fingerprint density at radius 2 is 2.12 bits per heavy atom. The number of hydrogen-bond donors (Lipinski definition) is 0. The van der Waals surface area contributed by atoms with Gasteiger partial charge in [-0.3, -0.25) is 0 Å². The third-order valence-electron chi connectivity index (χ3n) is 0.899. The molecule has 0 spiro atoms. The van der Waals surface area contributed by atoms with Crippen molar-refractivity contribution in [3.05, 3.63) is 6.42 Å². The molecule has 0 aromatic carbocycles. The zero-order valence-corrected chi connectivity index (χ0v) is 6.63. The van der Waals surface area contributed by atoms with E-state index in [-0.39, 0.29) is 0 Å². The van der Waals surface area contributed by atoms with Gasteiger partial charge in [0, 0.05) is 0 Å². The zero-order chi connectivity index (χ0) is 6.24. The summed E-state index contributed by atoms with van der Waals surface area (Å²) in [5.74, 6) is 2.64. The molecule has 49 valence electrons. The fourth-order valence-corrected chi connectivity index (χ4v) is 1.34. The van der Waals surface area contributed by atoms with Crippen molar-refractivity contribution in [3.8, 4) is 0 Å². The Bertz CT molecular complexity index is 29.4. The lowest BCUT2D eigenvalue weighted by atomic mass is 10.4. The monoisotopic (exact) mass is 131 g/mol. The molecule has 0 aromatic rings. The molecule has 0 aliphatic carbocycles. The van der Waals surface area contributed by atoms with Crippen molar-refractivity contribution in [1.29, 1.82) is 0 Å². The van der Waals surface area contributed by atoms with Crippen LogP contribution in [0.5, 0.6) is 0 Å². The fourth-order valence-electron chi connectivity index (χ4n) is 0.448. The maximum atomic E-state index is 2.22. The van der Waals surface area contributed by atoms with E-state index in [9.17, 15) is 0 Å². The van der Waals surface area contributed by atoms with E-state index in [4.69, 9.17) is 0 Å². The van der Waals surface area contributed by atoms with Crippen molar-refractivity contribution in [2.24, 2.45) is 0 Å². The van der Waals surface area contributed by atoms with Crippen LogP contribution in [0, 0.1) is 6.42 Å². The summed E-state index contributed by atoms with van der Waals surface area (Å²) in [6.07, 6.45) is 4.81. The molecule has 0 fully saturated rings. The van der Waals surface area contributed by atoms with Gasteiger partial charge in [-0.05, 0) is 30.8 Å². The summed E-state index contributed by atoms with van der Waals surface area (Å²) in [5, 5.41) is 0. The van der Waals surface area contributed by atoms with Crippen LogP contribution in [0.1, 0.15) is 26.7 Å². The standard InChI is InChI=1S/C7H15S/c1-3-5-7-8-6-4-2/h3H,4-7H2,1-2H3. The molecule has 8 heavy (non-hydrogen) atoms. The van der Waals surface area contributed by atoms with E-state index in [1.807, 2.05) is 11.8 Å². The normalized spacial score (nSPS) is 9.75. The number of rotatable bonds is 5. The second kappa shape index (κ2) is 7.35. The molecule has 0 saturated heterocycles. The Labute approximate surface area is 57.1 Å². The van der Waals surface area contributed by atoms with Gasteiger partial charge < -0.3 is 0 Å². The van der Waals surface area contributed by atoms with Gasteiger partial charge in [-0.2, -0.15) is 11.8 Å². The first kappa shape index (κ1) is 8.35. The molecule has 0 aromatic heterocycles. The van der Waals surface area contributed by atoms with E-state index in [0.29, 0.717) is 0 Å². The largest absolute Gasteiger partial charge is 0.162 e. The Kier molecular flexibility index (Phi) is 7.67. The first-order valence-corrected chi connectivity index (χ1v) is 4.42. The molecule has 0 aliphatic rings. The minimum absolute atomic E-state index is 1.27. The van der Waals surface area contributed by atoms with Gasteiger partial charge in [0.05, 0.1) is 0 Å². The van der Waals surface area contributed by atoms with Crippen molar-refractivity contribution in [1.82, 2.24) is 0 Å². The Morgan fingerprint density at radius 1 is 1.38 bits per heavy atom. The van der Waals surface area contributed by atoms with Gasteiger partial charge in [0.15, 0.2) is 0 Å². The summed E-state index contributed by atoms with van der Waals surface area (Å²) in [5.41, 5.74) is 0. The predicted octanol–water partition coefficient (Wildman–Crippen LogP) is 2.74. The van der Waals surface area contributed by atoms with E-state index < -0.39 is 0 Å². The van der Waals surface area contributed by atoms with E-state index >= 15 is 0 Å². The first-order valence-electron chi connectivity index (χ1n) is 3.27. The van der Waals surface area contributed by atoms with Gasteiger partial charge >= 0.3 is 0 Å². The van der Waals surface area contributed by atoms with Crippen LogP contribution >= 0.6 is 11.8 Å². The lowest BCUT2D eigenvalue weighted by molar-refractivity contribution is 1.08. The van der Waals surface area contributed by atoms with Gasteiger partial charge in [-0.25, -0.2) is 0 Å². The molecule has 1 radical (unpaired) electrons. The van der Waals surface area contributed by atoms with E-state index in [0.717, 1.165) is 0 Å². The summed E-state index contributed by atoms with van der Waals surface area (Å²) in [6.45, 7) is 4.34. The summed E-state index contributed by atoms with van der Waals surface area (Å²) in [6, 6.07) is 0. The SMILES string of the molecule is C[CH]CCSCCC. The molecule has 0 atom stereocenters. The highest BCUT2D eigenvalue weighted by molar-refractivity contribution is 7.99. The van der Waals surface area contributed by atoms with Crippen molar-refractivity contribution in [2.75, 3.05) is 11.5 Å². The third kappa shape index (κ3) is 6.35. The van der Waals surface area contributed by atoms with Crippen LogP contribution in [-0.4, -0.2) is 11.5 Å². The highest BCUT2D eigenvalue weighted by Crippen LogP contribution is 2.04. The first-order chi connectivity index (χ1) is 3.91. The highest BCUT2D eigenvalue weighted by Gasteiger charge is 1.83. The van der Waals surface area contributed by atoms with Crippen LogP contribution in [-0.2, 0) is 0 Å². The van der Waals surface area contributed by atoms with Crippen LogP contribution < -0.4 is 0 Å². The molecule has 0 saturated carbocycles. The van der Waals surface area contributed by atoms with Crippen molar-refractivity contribution in [3.63, 3.8) is 0 Å². The van der Waals surface area contributed by atoms with Gasteiger partial charge in [-0.1, -0.05) is 13.8 Å². The van der Waals surface area contributed by atoms with Gasteiger partial charge in [0.25, 0.3) is 0 Å². The van der Waals surface area contributed by atoms with E-state index in [1.165, 1.54) is 24.3 Å². The minimum Gasteiger partial charge on any atom is -0.162 e. The lowest BCUT2D eigenvalue weighted by Gasteiger charge is -1.94. The maximum absolute atomic E-state index is 2.22. The molecular formula is C7H15S. The number of thioether (sulfide) groups is 1. The molecule has 0 N–H and O–H groups in total. The second-order valence-corrected chi connectivity index (χ2v) is 3.03. The minimum atomic E-state index is 1.27. The molecule has 0 rings (SSSR count). The van der Waals surface area contributed by atoms with Gasteiger partial charge in [0.2, 0.25) is 0 Å². The molecule has 0 heterocycles. The molecule has 0 nitrogen and oxygen atoms in total. The van der Waals surface area contributed by atoms with E-state index in [1.54, 1.807) is 0 Å². The Morgan fingerprint density at radius 3 is 2.62 bits per heavy atom. The number of unbranched alkanes of at least 4 members (excludes halogenated alkanes) is 1. The van der Waals surface area contributed by atoms with E-state index in [2.05, 4.69) is 20.3 Å². The Balaban J connectivity index is 2.53. The summed E-state index contributed by atoms with van der Waals surface area (Å²) < 4.78 is 0. The molecule has 0 unspecified atom stereocenters. The van der Waals surface area contributed by atoms with Crippen molar-refractivity contribution >= 4 is 11.8 Å². The lowest BCUT2D eigenvalue weighted by Crippen LogP contribution is -1.79. The average Bonchev–Trinajstić information content (AvgIpc) is 1.81.